The zero-order valence-electron chi connectivity index (χ0n) is 14.6. The molecular weight excluding hydrogens is 344 g/mol. The molecule has 1 N–H and O–H groups in total. The quantitative estimate of drug-likeness (QED) is 0.498. The minimum atomic E-state index is -1.36. The largest absolute Gasteiger partial charge is 0.454 e. The van der Waals surface area contributed by atoms with Crippen molar-refractivity contribution >= 4 is 23.3 Å². The maximum absolute atomic E-state index is 13.1. The summed E-state index contributed by atoms with van der Waals surface area (Å²) in [6.45, 7) is 5.38. The van der Waals surface area contributed by atoms with E-state index in [4.69, 9.17) is 14.2 Å². The Hall–Kier alpha value is -2.84. The molecule has 2 heterocycles. The molecule has 1 aromatic rings. The Balaban J connectivity index is 1.72. The van der Waals surface area contributed by atoms with Gasteiger partial charge in [0.05, 0.1) is 16.4 Å². The molecule has 0 spiro atoms. The standard InChI is InChI=1S/C17H18N2O7/c1-15(2)16(3)4-5-17(15,26-14(16)21)13(20)18-9-6-11-12(25-8-24-11)7-10(9)19(22)23/h6-7H,4-5,8H2,1-3H3,(H,18,20). The van der Waals surface area contributed by atoms with Crippen molar-refractivity contribution in [2.24, 2.45) is 10.8 Å². The number of anilines is 1. The molecule has 4 rings (SSSR count). The van der Waals surface area contributed by atoms with Gasteiger partial charge in [0.15, 0.2) is 17.1 Å². The van der Waals surface area contributed by atoms with E-state index in [0.717, 1.165) is 0 Å². The van der Waals surface area contributed by atoms with Crippen molar-refractivity contribution in [1.82, 2.24) is 0 Å². The maximum Gasteiger partial charge on any atom is 0.313 e. The molecule has 2 unspecified atom stereocenters. The van der Waals surface area contributed by atoms with E-state index in [1.165, 1.54) is 12.1 Å². The number of fused-ring (bicyclic) bond motifs is 3. The van der Waals surface area contributed by atoms with Crippen molar-refractivity contribution < 1.29 is 28.7 Å². The summed E-state index contributed by atoms with van der Waals surface area (Å²) in [5, 5.41) is 14.0. The number of nitro benzene ring substituents is 1. The first-order valence-electron chi connectivity index (χ1n) is 8.25. The second kappa shape index (κ2) is 4.87. The third-order valence-electron chi connectivity index (χ3n) is 6.39. The number of amides is 1. The molecule has 1 aromatic carbocycles. The number of esters is 1. The number of hydrogen-bond acceptors (Lipinski definition) is 7. The molecule has 2 fully saturated rings. The smallest absolute Gasteiger partial charge is 0.313 e. The summed E-state index contributed by atoms with van der Waals surface area (Å²) in [5.74, 6) is -0.431. The minimum absolute atomic E-state index is 0.0222. The summed E-state index contributed by atoms with van der Waals surface area (Å²) in [5.41, 5.74) is -3.20. The van der Waals surface area contributed by atoms with Gasteiger partial charge in [-0.1, -0.05) is 13.8 Å². The fourth-order valence-electron chi connectivity index (χ4n) is 4.15. The van der Waals surface area contributed by atoms with Gasteiger partial charge in [0, 0.05) is 11.5 Å². The monoisotopic (exact) mass is 362 g/mol. The van der Waals surface area contributed by atoms with Crippen molar-refractivity contribution in [3.8, 4) is 11.5 Å². The molecular formula is C17H18N2O7. The average molecular weight is 362 g/mol. The first-order valence-corrected chi connectivity index (χ1v) is 8.25. The van der Waals surface area contributed by atoms with Crippen LogP contribution in [-0.2, 0) is 14.3 Å². The van der Waals surface area contributed by atoms with Crippen LogP contribution in [0.1, 0.15) is 33.6 Å². The summed E-state index contributed by atoms with van der Waals surface area (Å²) in [6.07, 6.45) is 0.891. The highest BCUT2D eigenvalue weighted by molar-refractivity contribution is 6.04. The molecule has 9 heteroatoms. The zero-order chi connectivity index (χ0) is 18.9. The summed E-state index contributed by atoms with van der Waals surface area (Å²) in [7, 11) is 0. The highest BCUT2D eigenvalue weighted by atomic mass is 16.7. The lowest BCUT2D eigenvalue weighted by atomic mass is 9.66. The van der Waals surface area contributed by atoms with Crippen molar-refractivity contribution in [1.29, 1.82) is 0 Å². The fraction of sp³-hybridized carbons (Fsp3) is 0.529. The topological polar surface area (TPSA) is 117 Å². The first-order chi connectivity index (χ1) is 12.1. The second-order valence-electron chi connectivity index (χ2n) is 7.61. The van der Waals surface area contributed by atoms with Gasteiger partial charge in [0.2, 0.25) is 6.79 Å². The molecule has 26 heavy (non-hydrogen) atoms. The van der Waals surface area contributed by atoms with E-state index in [-0.39, 0.29) is 23.9 Å². The summed E-state index contributed by atoms with van der Waals surface area (Å²) in [6, 6.07) is 2.56. The molecule has 1 aliphatic carbocycles. The average Bonchev–Trinajstić information content (AvgIpc) is 3.14. The van der Waals surface area contributed by atoms with Crippen molar-refractivity contribution in [2.45, 2.75) is 39.2 Å². The Morgan fingerprint density at radius 2 is 1.85 bits per heavy atom. The predicted molar refractivity (Wildman–Crippen MR) is 87.8 cm³/mol. The number of nitrogens with zero attached hydrogens (tertiary/aromatic N) is 1. The van der Waals surface area contributed by atoms with Crippen molar-refractivity contribution in [2.75, 3.05) is 12.1 Å². The van der Waals surface area contributed by atoms with Gasteiger partial charge < -0.3 is 19.5 Å². The molecule has 0 radical (unpaired) electrons. The number of benzene rings is 1. The van der Waals surface area contributed by atoms with E-state index in [1.54, 1.807) is 6.92 Å². The number of rotatable bonds is 3. The number of carbonyl (C=O) groups excluding carboxylic acids is 2. The van der Waals surface area contributed by atoms with Gasteiger partial charge in [-0.25, -0.2) is 0 Å². The number of nitrogens with one attached hydrogen (secondary N) is 1. The molecule has 3 aliphatic rings. The third kappa shape index (κ3) is 1.80. The highest BCUT2D eigenvalue weighted by Crippen LogP contribution is 2.65. The molecule has 2 aliphatic heterocycles. The van der Waals surface area contributed by atoms with Crippen LogP contribution in [0.2, 0.25) is 0 Å². The van der Waals surface area contributed by atoms with Crippen LogP contribution in [-0.4, -0.2) is 29.2 Å². The summed E-state index contributed by atoms with van der Waals surface area (Å²) in [4.78, 5) is 36.2. The van der Waals surface area contributed by atoms with E-state index >= 15 is 0 Å². The van der Waals surface area contributed by atoms with Crippen LogP contribution in [0.15, 0.2) is 12.1 Å². The van der Waals surface area contributed by atoms with Crippen molar-refractivity contribution in [3.63, 3.8) is 0 Å². The van der Waals surface area contributed by atoms with Crippen LogP contribution >= 0.6 is 0 Å². The predicted octanol–water partition coefficient (Wildman–Crippen LogP) is 2.38. The van der Waals surface area contributed by atoms with Crippen LogP contribution in [0.3, 0.4) is 0 Å². The van der Waals surface area contributed by atoms with Gasteiger partial charge >= 0.3 is 5.97 Å². The van der Waals surface area contributed by atoms with Crippen molar-refractivity contribution in [3.05, 3.63) is 22.2 Å². The van der Waals surface area contributed by atoms with Gasteiger partial charge in [-0.3, -0.25) is 19.7 Å². The molecule has 138 valence electrons. The lowest BCUT2D eigenvalue weighted by molar-refractivity contribution is -0.384. The molecule has 1 saturated carbocycles. The van der Waals surface area contributed by atoms with E-state index in [9.17, 15) is 19.7 Å². The minimum Gasteiger partial charge on any atom is -0.454 e. The number of nitro groups is 1. The Labute approximate surface area is 148 Å². The van der Waals surface area contributed by atoms with Crippen LogP contribution < -0.4 is 14.8 Å². The first kappa shape index (κ1) is 16.6. The molecule has 9 nitrogen and oxygen atoms in total. The number of carbonyl (C=O) groups is 2. The van der Waals surface area contributed by atoms with E-state index in [0.29, 0.717) is 18.6 Å². The van der Waals surface area contributed by atoms with Crippen LogP contribution in [0.25, 0.3) is 0 Å². The van der Waals surface area contributed by atoms with E-state index in [1.807, 2.05) is 13.8 Å². The normalized spacial score (nSPS) is 30.2. The van der Waals surface area contributed by atoms with E-state index in [2.05, 4.69) is 5.32 Å². The molecule has 2 atom stereocenters. The summed E-state index contributed by atoms with van der Waals surface area (Å²) < 4.78 is 15.9. The molecule has 2 bridgehead atoms. The van der Waals surface area contributed by atoms with Crippen LogP contribution in [0, 0.1) is 20.9 Å². The van der Waals surface area contributed by atoms with Gasteiger partial charge in [0.25, 0.3) is 11.6 Å². The molecule has 0 aromatic heterocycles. The second-order valence-corrected chi connectivity index (χ2v) is 7.61. The number of hydrogen-bond donors (Lipinski definition) is 1. The Morgan fingerprint density at radius 1 is 1.19 bits per heavy atom. The van der Waals surface area contributed by atoms with Gasteiger partial charge in [0.1, 0.15) is 5.69 Å². The summed E-state index contributed by atoms with van der Waals surface area (Å²) >= 11 is 0. The third-order valence-corrected chi connectivity index (χ3v) is 6.39. The van der Waals surface area contributed by atoms with Gasteiger partial charge in [-0.15, -0.1) is 0 Å². The fourth-order valence-corrected chi connectivity index (χ4v) is 4.15. The Morgan fingerprint density at radius 3 is 2.38 bits per heavy atom. The molecule has 1 saturated heterocycles. The van der Waals surface area contributed by atoms with Crippen LogP contribution in [0.5, 0.6) is 11.5 Å². The van der Waals surface area contributed by atoms with Gasteiger partial charge in [-0.2, -0.15) is 0 Å². The van der Waals surface area contributed by atoms with Crippen LogP contribution in [0.4, 0.5) is 11.4 Å². The highest BCUT2D eigenvalue weighted by Gasteiger charge is 2.75. The molecule has 1 amide bonds. The van der Waals surface area contributed by atoms with E-state index < -0.39 is 33.2 Å². The Kier molecular flexibility index (Phi) is 3.11. The maximum atomic E-state index is 13.1. The lowest BCUT2D eigenvalue weighted by Crippen LogP contribution is -2.50. The SMILES string of the molecule is CC12CCC(C(=O)Nc3cc4c(cc3[N+](=O)[O-])OCO4)(OC1=O)C2(C)C. The Bertz CT molecular complexity index is 865. The lowest BCUT2D eigenvalue weighted by Gasteiger charge is -2.35. The zero-order valence-corrected chi connectivity index (χ0v) is 14.6. The number of ether oxygens (including phenoxy) is 3. The van der Waals surface area contributed by atoms with Gasteiger partial charge in [-0.05, 0) is 19.8 Å².